The van der Waals surface area contributed by atoms with Crippen LogP contribution in [-0.2, 0) is 10.2 Å². The molecular formula is C21H30FN7O. The van der Waals surface area contributed by atoms with Crippen molar-refractivity contribution in [3.63, 3.8) is 0 Å². The fourth-order valence-electron chi connectivity index (χ4n) is 3.89. The van der Waals surface area contributed by atoms with Crippen molar-refractivity contribution >= 4 is 17.6 Å². The largest absolute Gasteiger partial charge is 0.378 e. The first-order valence-corrected chi connectivity index (χ1v) is 10.6. The predicted molar refractivity (Wildman–Crippen MR) is 115 cm³/mol. The molecule has 1 N–H and O–H groups in total. The standard InChI is InChI=1S/C21H30FN7O/c1-21(2,3)18-17(22)19(25-14-24-18)28-8-5-15(6-9-28)26-16-4-7-23-20(27-16)29-10-12-30-13-11-29/h4,7,14-15H,5-6,8-13H2,1-3H3,(H,23,26,27). The van der Waals surface area contributed by atoms with E-state index in [2.05, 4.69) is 30.2 Å². The van der Waals surface area contributed by atoms with Gasteiger partial charge in [0.2, 0.25) is 5.95 Å². The summed E-state index contributed by atoms with van der Waals surface area (Å²) in [6, 6.07) is 2.18. The molecule has 4 heterocycles. The van der Waals surface area contributed by atoms with Crippen molar-refractivity contribution in [3.8, 4) is 0 Å². The molecule has 162 valence electrons. The van der Waals surface area contributed by atoms with E-state index in [1.165, 1.54) is 6.33 Å². The molecule has 0 aliphatic carbocycles. The summed E-state index contributed by atoms with van der Waals surface area (Å²) in [7, 11) is 0. The normalized spacial score (nSPS) is 18.5. The van der Waals surface area contributed by atoms with Crippen LogP contribution in [0.4, 0.5) is 22.0 Å². The second-order valence-corrected chi connectivity index (χ2v) is 8.86. The third-order valence-electron chi connectivity index (χ3n) is 5.56. The van der Waals surface area contributed by atoms with Gasteiger partial charge in [0.1, 0.15) is 12.1 Å². The fourth-order valence-corrected chi connectivity index (χ4v) is 3.89. The Hall–Kier alpha value is -2.55. The molecule has 0 radical (unpaired) electrons. The molecule has 0 spiro atoms. The molecule has 2 aliphatic rings. The molecule has 2 aliphatic heterocycles. The van der Waals surface area contributed by atoms with Crippen LogP contribution in [0, 0.1) is 5.82 Å². The molecular weight excluding hydrogens is 385 g/mol. The summed E-state index contributed by atoms with van der Waals surface area (Å²) < 4.78 is 20.4. The number of piperidine rings is 1. The topological polar surface area (TPSA) is 79.3 Å². The molecule has 0 unspecified atom stereocenters. The van der Waals surface area contributed by atoms with Crippen LogP contribution < -0.4 is 15.1 Å². The second kappa shape index (κ2) is 8.67. The summed E-state index contributed by atoms with van der Waals surface area (Å²) in [5.41, 5.74) is 0.108. The van der Waals surface area contributed by atoms with Gasteiger partial charge in [0.15, 0.2) is 11.6 Å². The van der Waals surface area contributed by atoms with Gasteiger partial charge < -0.3 is 19.9 Å². The first-order valence-electron chi connectivity index (χ1n) is 10.6. The van der Waals surface area contributed by atoms with Crippen molar-refractivity contribution in [1.29, 1.82) is 0 Å². The average Bonchev–Trinajstić information content (AvgIpc) is 2.75. The summed E-state index contributed by atoms with van der Waals surface area (Å²) in [5, 5.41) is 3.52. The van der Waals surface area contributed by atoms with Crippen LogP contribution in [0.25, 0.3) is 0 Å². The molecule has 0 amide bonds. The second-order valence-electron chi connectivity index (χ2n) is 8.86. The van der Waals surface area contributed by atoms with Crippen LogP contribution in [0.3, 0.4) is 0 Å². The third-order valence-corrected chi connectivity index (χ3v) is 5.56. The van der Waals surface area contributed by atoms with Crippen molar-refractivity contribution in [3.05, 3.63) is 30.1 Å². The van der Waals surface area contributed by atoms with E-state index in [1.54, 1.807) is 6.20 Å². The zero-order chi connectivity index (χ0) is 21.1. The molecule has 30 heavy (non-hydrogen) atoms. The number of halogens is 1. The number of morpholine rings is 1. The molecule has 2 aromatic rings. The van der Waals surface area contributed by atoms with Gasteiger partial charge in [0.05, 0.1) is 18.9 Å². The average molecular weight is 416 g/mol. The number of ether oxygens (including phenoxy) is 1. The molecule has 8 nitrogen and oxygen atoms in total. The highest BCUT2D eigenvalue weighted by Gasteiger charge is 2.28. The Bertz CT molecular complexity index is 859. The molecule has 2 aromatic heterocycles. The zero-order valence-corrected chi connectivity index (χ0v) is 17.9. The zero-order valence-electron chi connectivity index (χ0n) is 17.9. The molecule has 2 saturated heterocycles. The van der Waals surface area contributed by atoms with Gasteiger partial charge >= 0.3 is 0 Å². The Morgan fingerprint density at radius 1 is 1.03 bits per heavy atom. The first kappa shape index (κ1) is 20.7. The lowest BCUT2D eigenvalue weighted by molar-refractivity contribution is 0.122. The first-order chi connectivity index (χ1) is 14.4. The van der Waals surface area contributed by atoms with E-state index in [4.69, 9.17) is 4.74 Å². The maximum atomic E-state index is 15.0. The molecule has 0 aromatic carbocycles. The monoisotopic (exact) mass is 415 g/mol. The van der Waals surface area contributed by atoms with Crippen molar-refractivity contribution < 1.29 is 9.13 Å². The van der Waals surface area contributed by atoms with Crippen LogP contribution in [0.2, 0.25) is 0 Å². The Morgan fingerprint density at radius 3 is 2.47 bits per heavy atom. The van der Waals surface area contributed by atoms with Crippen molar-refractivity contribution in [2.24, 2.45) is 0 Å². The number of hydrogen-bond acceptors (Lipinski definition) is 8. The summed E-state index contributed by atoms with van der Waals surface area (Å²) in [5.74, 6) is 1.67. The van der Waals surface area contributed by atoms with Gasteiger partial charge in [-0.25, -0.2) is 19.3 Å². The summed E-state index contributed by atoms with van der Waals surface area (Å²) in [6.07, 6.45) is 5.02. The number of aromatic nitrogens is 4. The lowest BCUT2D eigenvalue weighted by Crippen LogP contribution is -2.40. The van der Waals surface area contributed by atoms with Gasteiger partial charge in [0.25, 0.3) is 0 Å². The Kier molecular flexibility index (Phi) is 5.99. The van der Waals surface area contributed by atoms with E-state index in [-0.39, 0.29) is 17.3 Å². The molecule has 0 bridgehead atoms. The Morgan fingerprint density at radius 2 is 1.77 bits per heavy atom. The highest BCUT2D eigenvalue weighted by Crippen LogP contribution is 2.29. The number of rotatable bonds is 4. The van der Waals surface area contributed by atoms with Gasteiger partial charge in [0, 0.05) is 43.8 Å². The highest BCUT2D eigenvalue weighted by molar-refractivity contribution is 5.45. The smallest absolute Gasteiger partial charge is 0.227 e. The van der Waals surface area contributed by atoms with Crippen LogP contribution in [0.1, 0.15) is 39.3 Å². The van der Waals surface area contributed by atoms with E-state index in [9.17, 15) is 0 Å². The van der Waals surface area contributed by atoms with Crippen molar-refractivity contribution in [2.45, 2.75) is 45.1 Å². The Labute approximate surface area is 176 Å². The SMILES string of the molecule is CC(C)(C)c1ncnc(N2CCC(Nc3ccnc(N4CCOCC4)n3)CC2)c1F. The Balaban J connectivity index is 1.38. The van der Waals surface area contributed by atoms with Crippen molar-refractivity contribution in [1.82, 2.24) is 19.9 Å². The van der Waals surface area contributed by atoms with Crippen molar-refractivity contribution in [2.75, 3.05) is 54.5 Å². The maximum Gasteiger partial charge on any atom is 0.227 e. The van der Waals surface area contributed by atoms with E-state index in [0.29, 0.717) is 24.7 Å². The molecule has 9 heteroatoms. The van der Waals surface area contributed by atoms with E-state index in [0.717, 1.165) is 50.8 Å². The van der Waals surface area contributed by atoms with Gasteiger partial charge in [-0.15, -0.1) is 0 Å². The summed E-state index contributed by atoms with van der Waals surface area (Å²) in [6.45, 7) is 10.4. The summed E-state index contributed by atoms with van der Waals surface area (Å²) >= 11 is 0. The van der Waals surface area contributed by atoms with Crippen LogP contribution in [-0.4, -0.2) is 65.4 Å². The fraction of sp³-hybridized carbons (Fsp3) is 0.619. The van der Waals surface area contributed by atoms with E-state index in [1.807, 2.05) is 31.7 Å². The minimum absolute atomic E-state index is 0.278. The van der Waals surface area contributed by atoms with Gasteiger partial charge in [-0.2, -0.15) is 4.98 Å². The highest BCUT2D eigenvalue weighted by atomic mass is 19.1. The number of nitrogens with one attached hydrogen (secondary N) is 1. The molecule has 2 fully saturated rings. The maximum absolute atomic E-state index is 15.0. The van der Waals surface area contributed by atoms with E-state index < -0.39 is 0 Å². The minimum Gasteiger partial charge on any atom is -0.378 e. The molecule has 0 saturated carbocycles. The quantitative estimate of drug-likeness (QED) is 0.816. The van der Waals surface area contributed by atoms with Crippen LogP contribution in [0.15, 0.2) is 18.6 Å². The number of hydrogen-bond donors (Lipinski definition) is 1. The molecule has 0 atom stereocenters. The number of anilines is 3. The predicted octanol–water partition coefficient (Wildman–Crippen LogP) is 2.62. The third kappa shape index (κ3) is 4.61. The lowest BCUT2D eigenvalue weighted by atomic mass is 9.91. The number of nitrogens with zero attached hydrogens (tertiary/aromatic N) is 6. The van der Waals surface area contributed by atoms with Crippen LogP contribution >= 0.6 is 0 Å². The van der Waals surface area contributed by atoms with Gasteiger partial charge in [-0.3, -0.25) is 0 Å². The minimum atomic E-state index is -0.354. The lowest BCUT2D eigenvalue weighted by Gasteiger charge is -2.34. The molecule has 4 rings (SSSR count). The summed E-state index contributed by atoms with van der Waals surface area (Å²) in [4.78, 5) is 21.6. The van der Waals surface area contributed by atoms with Gasteiger partial charge in [-0.05, 0) is 18.9 Å². The van der Waals surface area contributed by atoms with Gasteiger partial charge in [-0.1, -0.05) is 20.8 Å². The van der Waals surface area contributed by atoms with E-state index >= 15 is 4.39 Å². The van der Waals surface area contributed by atoms with Crippen LogP contribution in [0.5, 0.6) is 0 Å².